The van der Waals surface area contributed by atoms with Crippen molar-refractivity contribution in [1.82, 2.24) is 9.97 Å². The molecule has 11 heavy (non-hydrogen) atoms. The third-order valence-corrected chi connectivity index (χ3v) is 1.61. The van der Waals surface area contributed by atoms with E-state index >= 15 is 0 Å². The first kappa shape index (κ1) is 8.27. The van der Waals surface area contributed by atoms with E-state index in [9.17, 15) is 5.11 Å². The monoisotopic (exact) mass is 154 g/mol. The van der Waals surface area contributed by atoms with Crippen LogP contribution in [0.1, 0.15) is 25.6 Å². The summed E-state index contributed by atoms with van der Waals surface area (Å²) in [6.45, 7) is 2.06. The Morgan fingerprint density at radius 3 is 3.09 bits per heavy atom. The van der Waals surface area contributed by atoms with E-state index in [2.05, 4.69) is 16.9 Å². The number of imidazole rings is 1. The van der Waals surface area contributed by atoms with Crippen molar-refractivity contribution in [2.24, 2.45) is 0 Å². The van der Waals surface area contributed by atoms with Gasteiger partial charge in [-0.3, -0.25) is 0 Å². The normalized spacial score (nSPS) is 13.3. The van der Waals surface area contributed by atoms with Gasteiger partial charge < -0.3 is 10.1 Å². The largest absolute Gasteiger partial charge is 0.393 e. The fraction of sp³-hybridized carbons (Fsp3) is 0.625. The molecule has 0 bridgehead atoms. The Hall–Kier alpha value is -0.830. The summed E-state index contributed by atoms with van der Waals surface area (Å²) in [5, 5.41) is 9.36. The lowest BCUT2D eigenvalue weighted by Gasteiger charge is -2.05. The van der Waals surface area contributed by atoms with Crippen LogP contribution < -0.4 is 0 Å². The van der Waals surface area contributed by atoms with Crippen LogP contribution in [0.5, 0.6) is 0 Å². The first-order valence-electron chi connectivity index (χ1n) is 3.99. The van der Waals surface area contributed by atoms with Crippen LogP contribution in [-0.4, -0.2) is 21.2 Å². The molecule has 2 N–H and O–H groups in total. The number of aliphatic hydroxyl groups is 1. The smallest absolute Gasteiger partial charge is 0.108 e. The van der Waals surface area contributed by atoms with E-state index in [1.807, 2.05) is 0 Å². The predicted molar refractivity (Wildman–Crippen MR) is 43.2 cm³/mol. The SMILES string of the molecule is CCCC(O)Cc1ncc[nH]1. The van der Waals surface area contributed by atoms with Crippen molar-refractivity contribution in [2.45, 2.75) is 32.3 Å². The number of hydrogen-bond donors (Lipinski definition) is 2. The van der Waals surface area contributed by atoms with Gasteiger partial charge in [0.25, 0.3) is 0 Å². The van der Waals surface area contributed by atoms with Crippen molar-refractivity contribution in [1.29, 1.82) is 0 Å². The van der Waals surface area contributed by atoms with Gasteiger partial charge in [0, 0.05) is 18.8 Å². The zero-order valence-corrected chi connectivity index (χ0v) is 6.75. The second-order valence-corrected chi connectivity index (χ2v) is 2.68. The van der Waals surface area contributed by atoms with Crippen molar-refractivity contribution < 1.29 is 5.11 Å². The second kappa shape index (κ2) is 4.13. The molecule has 0 aliphatic heterocycles. The summed E-state index contributed by atoms with van der Waals surface area (Å²) in [6, 6.07) is 0. The van der Waals surface area contributed by atoms with E-state index in [1.54, 1.807) is 12.4 Å². The molecule has 0 saturated heterocycles. The molecule has 1 aromatic heterocycles. The van der Waals surface area contributed by atoms with E-state index in [4.69, 9.17) is 0 Å². The molecule has 1 atom stereocenters. The molecule has 0 aromatic carbocycles. The molecule has 1 rings (SSSR count). The molecule has 0 aliphatic carbocycles. The average Bonchev–Trinajstić information content (AvgIpc) is 2.40. The lowest BCUT2D eigenvalue weighted by atomic mass is 10.1. The van der Waals surface area contributed by atoms with E-state index in [-0.39, 0.29) is 6.10 Å². The molecule has 0 radical (unpaired) electrons. The van der Waals surface area contributed by atoms with Gasteiger partial charge in [0.1, 0.15) is 5.82 Å². The highest BCUT2D eigenvalue weighted by Crippen LogP contribution is 2.01. The summed E-state index contributed by atoms with van der Waals surface area (Å²) in [4.78, 5) is 6.98. The molecule has 0 fully saturated rings. The zero-order valence-electron chi connectivity index (χ0n) is 6.75. The highest BCUT2D eigenvalue weighted by Gasteiger charge is 2.04. The first-order valence-corrected chi connectivity index (χ1v) is 3.99. The highest BCUT2D eigenvalue weighted by molar-refractivity contribution is 4.88. The zero-order chi connectivity index (χ0) is 8.10. The van der Waals surface area contributed by atoms with Gasteiger partial charge in [-0.2, -0.15) is 0 Å². The van der Waals surface area contributed by atoms with Crippen LogP contribution in [0.2, 0.25) is 0 Å². The van der Waals surface area contributed by atoms with Crippen molar-refractivity contribution in [2.75, 3.05) is 0 Å². The minimum Gasteiger partial charge on any atom is -0.393 e. The maximum Gasteiger partial charge on any atom is 0.108 e. The number of nitrogens with zero attached hydrogens (tertiary/aromatic N) is 1. The van der Waals surface area contributed by atoms with Crippen LogP contribution in [0.25, 0.3) is 0 Å². The summed E-state index contributed by atoms with van der Waals surface area (Å²) in [6.07, 6.45) is 5.73. The lowest BCUT2D eigenvalue weighted by molar-refractivity contribution is 0.161. The Morgan fingerprint density at radius 2 is 2.55 bits per heavy atom. The highest BCUT2D eigenvalue weighted by atomic mass is 16.3. The lowest BCUT2D eigenvalue weighted by Crippen LogP contribution is -2.10. The average molecular weight is 154 g/mol. The van der Waals surface area contributed by atoms with E-state index < -0.39 is 0 Å². The minimum absolute atomic E-state index is 0.244. The third-order valence-electron chi connectivity index (χ3n) is 1.61. The quantitative estimate of drug-likeness (QED) is 0.682. The van der Waals surface area contributed by atoms with Gasteiger partial charge in [-0.1, -0.05) is 13.3 Å². The number of aromatic nitrogens is 2. The molecule has 1 unspecified atom stereocenters. The van der Waals surface area contributed by atoms with Gasteiger partial charge in [-0.25, -0.2) is 4.98 Å². The third kappa shape index (κ3) is 2.72. The van der Waals surface area contributed by atoms with Gasteiger partial charge in [0.2, 0.25) is 0 Å². The maximum absolute atomic E-state index is 9.36. The van der Waals surface area contributed by atoms with Crippen LogP contribution in [0.4, 0.5) is 0 Å². The molecular formula is C8H14N2O. The number of rotatable bonds is 4. The topological polar surface area (TPSA) is 48.9 Å². The minimum atomic E-state index is -0.244. The van der Waals surface area contributed by atoms with E-state index in [1.165, 1.54) is 0 Å². The second-order valence-electron chi connectivity index (χ2n) is 2.68. The van der Waals surface area contributed by atoms with Crippen molar-refractivity contribution in [3.05, 3.63) is 18.2 Å². The standard InChI is InChI=1S/C8H14N2O/c1-2-3-7(11)6-8-9-4-5-10-8/h4-5,7,11H,2-3,6H2,1H3,(H,9,10). The molecule has 1 heterocycles. The van der Waals surface area contributed by atoms with E-state index in [0.29, 0.717) is 6.42 Å². The Balaban J connectivity index is 2.31. The Bertz CT molecular complexity index is 184. The fourth-order valence-electron chi connectivity index (χ4n) is 1.07. The van der Waals surface area contributed by atoms with Crippen LogP contribution in [0, 0.1) is 0 Å². The number of aliphatic hydroxyl groups excluding tert-OH is 1. The van der Waals surface area contributed by atoms with Gasteiger partial charge in [-0.05, 0) is 6.42 Å². The number of aromatic amines is 1. The number of nitrogens with one attached hydrogen (secondary N) is 1. The summed E-state index contributed by atoms with van der Waals surface area (Å²) in [5.41, 5.74) is 0. The molecule has 3 heteroatoms. The van der Waals surface area contributed by atoms with Gasteiger partial charge in [-0.15, -0.1) is 0 Å². The Labute approximate surface area is 66.5 Å². The fourth-order valence-corrected chi connectivity index (χ4v) is 1.07. The molecule has 1 aromatic rings. The molecule has 0 amide bonds. The number of hydrogen-bond acceptors (Lipinski definition) is 2. The predicted octanol–water partition coefficient (Wildman–Crippen LogP) is 1.11. The molecular weight excluding hydrogens is 140 g/mol. The van der Waals surface area contributed by atoms with Crippen molar-refractivity contribution in [3.63, 3.8) is 0 Å². The van der Waals surface area contributed by atoms with Crippen LogP contribution in [0.3, 0.4) is 0 Å². The van der Waals surface area contributed by atoms with Crippen LogP contribution in [0.15, 0.2) is 12.4 Å². The molecule has 0 saturated carbocycles. The van der Waals surface area contributed by atoms with Crippen LogP contribution >= 0.6 is 0 Å². The van der Waals surface area contributed by atoms with Crippen molar-refractivity contribution in [3.8, 4) is 0 Å². The maximum atomic E-state index is 9.36. The molecule has 62 valence electrons. The van der Waals surface area contributed by atoms with Crippen LogP contribution in [-0.2, 0) is 6.42 Å². The summed E-state index contributed by atoms with van der Waals surface area (Å²) < 4.78 is 0. The molecule has 0 aliphatic rings. The summed E-state index contributed by atoms with van der Waals surface area (Å²) in [7, 11) is 0. The number of H-pyrrole nitrogens is 1. The van der Waals surface area contributed by atoms with Gasteiger partial charge in [0.05, 0.1) is 6.10 Å². The molecule has 0 spiro atoms. The Kier molecular flexibility index (Phi) is 3.11. The Morgan fingerprint density at radius 1 is 1.73 bits per heavy atom. The summed E-state index contributed by atoms with van der Waals surface area (Å²) >= 11 is 0. The molecule has 3 nitrogen and oxygen atoms in total. The summed E-state index contributed by atoms with van der Waals surface area (Å²) in [5.74, 6) is 0.867. The van der Waals surface area contributed by atoms with Gasteiger partial charge >= 0.3 is 0 Å². The first-order chi connectivity index (χ1) is 5.33. The van der Waals surface area contributed by atoms with Gasteiger partial charge in [0.15, 0.2) is 0 Å². The van der Waals surface area contributed by atoms with Crippen molar-refractivity contribution >= 4 is 0 Å². The van der Waals surface area contributed by atoms with E-state index in [0.717, 1.165) is 18.7 Å².